The number of benzene rings is 1. The molecule has 1 aromatic carbocycles. The van der Waals surface area contributed by atoms with Crippen LogP contribution in [0.3, 0.4) is 0 Å². The molecule has 1 aliphatic heterocycles. The fourth-order valence-electron chi connectivity index (χ4n) is 3.18. The van der Waals surface area contributed by atoms with Crippen molar-refractivity contribution >= 4 is 27.3 Å². The molecule has 2 aromatic rings. The molecule has 10 nitrogen and oxygen atoms in total. The molecule has 0 fully saturated rings. The smallest absolute Gasteiger partial charge is 0.275 e. The van der Waals surface area contributed by atoms with Gasteiger partial charge in [0.25, 0.3) is 5.91 Å². The Morgan fingerprint density at radius 3 is 2.79 bits per heavy atom. The number of nitrogens with two attached hydrogens (primary N) is 1. The van der Waals surface area contributed by atoms with Crippen molar-refractivity contribution in [1.29, 1.82) is 5.41 Å². The lowest BCUT2D eigenvalue weighted by atomic mass is 9.94. The molecule has 0 saturated heterocycles. The molecule has 1 aliphatic rings. The van der Waals surface area contributed by atoms with Crippen molar-refractivity contribution in [1.82, 2.24) is 9.97 Å². The van der Waals surface area contributed by atoms with Gasteiger partial charge in [0.2, 0.25) is 5.88 Å². The molecular formula is C22H25N5O5S. The predicted molar refractivity (Wildman–Crippen MR) is 123 cm³/mol. The first-order valence-electron chi connectivity index (χ1n) is 10.0. The lowest BCUT2D eigenvalue weighted by molar-refractivity contribution is 0.0956. The summed E-state index contributed by atoms with van der Waals surface area (Å²) in [4.78, 5) is 20.6. The van der Waals surface area contributed by atoms with Crippen molar-refractivity contribution in [3.8, 4) is 18.2 Å². The number of fused-ring (bicyclic) bond motifs is 1. The van der Waals surface area contributed by atoms with Crippen LogP contribution in [-0.4, -0.2) is 53.8 Å². The van der Waals surface area contributed by atoms with Gasteiger partial charge in [0.1, 0.15) is 16.3 Å². The number of terminal acetylenes is 1. The molecule has 3 rings (SSSR count). The Kier molecular flexibility index (Phi) is 7.00. The Balaban J connectivity index is 1.79. The molecule has 174 valence electrons. The van der Waals surface area contributed by atoms with Crippen LogP contribution >= 0.6 is 0 Å². The number of hydrogen-bond acceptors (Lipinski definition) is 8. The number of rotatable bonds is 8. The Labute approximate surface area is 192 Å². The molecule has 0 bridgehead atoms. The zero-order valence-electron chi connectivity index (χ0n) is 18.3. The third-order valence-electron chi connectivity index (χ3n) is 5.43. The number of hydrogen-bond donors (Lipinski definition) is 3. The standard InChI is InChI=1S/C22H25N5O5S/c1-4-7-32-19-10-25-18(9-26-19)20(28)27-16-6-5-14-11-31-12-15(17(14)8-16)13-33(29,30)22(2,3)21(23)24/h1,5-6,8-10,15H,7,11-13H2,2-3H3,(H3,23,24)(H,27,28). The number of anilines is 1. The summed E-state index contributed by atoms with van der Waals surface area (Å²) >= 11 is 0. The lowest BCUT2D eigenvalue weighted by Gasteiger charge is -2.30. The molecule has 1 unspecified atom stereocenters. The van der Waals surface area contributed by atoms with Crippen molar-refractivity contribution in [3.05, 3.63) is 47.4 Å². The fraction of sp³-hybridized carbons (Fsp3) is 0.364. The van der Waals surface area contributed by atoms with E-state index in [4.69, 9.17) is 27.0 Å². The van der Waals surface area contributed by atoms with Gasteiger partial charge in [-0.05, 0) is 37.1 Å². The largest absolute Gasteiger partial charge is 0.463 e. The van der Waals surface area contributed by atoms with Gasteiger partial charge in [-0.2, -0.15) is 0 Å². The van der Waals surface area contributed by atoms with E-state index < -0.39 is 32.2 Å². The minimum Gasteiger partial charge on any atom is -0.463 e. The van der Waals surface area contributed by atoms with Crippen molar-refractivity contribution in [3.63, 3.8) is 0 Å². The van der Waals surface area contributed by atoms with Crippen molar-refractivity contribution < 1.29 is 22.7 Å². The lowest BCUT2D eigenvalue weighted by Crippen LogP contribution is -2.47. The second-order valence-corrected chi connectivity index (χ2v) is 10.6. The first-order chi connectivity index (χ1) is 15.5. The number of nitrogens with one attached hydrogen (secondary N) is 2. The first kappa shape index (κ1) is 24.2. The van der Waals surface area contributed by atoms with Gasteiger partial charge in [0.05, 0.1) is 31.4 Å². The van der Waals surface area contributed by atoms with Crippen molar-refractivity contribution in [2.45, 2.75) is 31.1 Å². The molecule has 0 radical (unpaired) electrons. The fourth-order valence-corrected chi connectivity index (χ4v) is 4.74. The van der Waals surface area contributed by atoms with E-state index in [1.54, 1.807) is 18.2 Å². The highest BCUT2D eigenvalue weighted by atomic mass is 32.2. The number of carbonyl (C=O) groups excluding carboxylic acids is 1. The van der Waals surface area contributed by atoms with Crippen LogP contribution in [0.4, 0.5) is 5.69 Å². The molecule has 1 amide bonds. The quantitative estimate of drug-likeness (QED) is 0.297. The number of aromatic nitrogens is 2. The van der Waals surface area contributed by atoms with Gasteiger partial charge >= 0.3 is 0 Å². The Morgan fingerprint density at radius 1 is 1.39 bits per heavy atom. The highest BCUT2D eigenvalue weighted by Gasteiger charge is 2.40. The average Bonchev–Trinajstić information content (AvgIpc) is 2.78. The molecule has 33 heavy (non-hydrogen) atoms. The maximum Gasteiger partial charge on any atom is 0.275 e. The summed E-state index contributed by atoms with van der Waals surface area (Å²) < 4.78 is 35.1. The normalized spacial score (nSPS) is 15.7. The van der Waals surface area contributed by atoms with Crippen LogP contribution in [-0.2, 0) is 21.2 Å². The summed E-state index contributed by atoms with van der Waals surface area (Å²) in [5, 5.41) is 10.4. The predicted octanol–water partition coefficient (Wildman–Crippen LogP) is 1.48. The van der Waals surface area contributed by atoms with E-state index in [2.05, 4.69) is 21.2 Å². The van der Waals surface area contributed by atoms with Crippen LogP contribution in [0.15, 0.2) is 30.6 Å². The van der Waals surface area contributed by atoms with Crippen LogP contribution in [0.5, 0.6) is 5.88 Å². The maximum atomic E-state index is 12.9. The molecule has 2 heterocycles. The molecule has 0 saturated carbocycles. The topological polar surface area (TPSA) is 157 Å². The Morgan fingerprint density at radius 2 is 2.15 bits per heavy atom. The molecular weight excluding hydrogens is 446 g/mol. The summed E-state index contributed by atoms with van der Waals surface area (Å²) in [6, 6.07) is 5.21. The molecule has 0 spiro atoms. The van der Waals surface area contributed by atoms with Crippen LogP contribution in [0.1, 0.15) is 41.4 Å². The van der Waals surface area contributed by atoms with Gasteiger partial charge in [-0.15, -0.1) is 6.42 Å². The van der Waals surface area contributed by atoms with Crippen LogP contribution in [0.2, 0.25) is 0 Å². The number of amides is 1. The molecule has 0 aliphatic carbocycles. The van der Waals surface area contributed by atoms with E-state index >= 15 is 0 Å². The first-order valence-corrected chi connectivity index (χ1v) is 11.7. The number of carbonyl (C=O) groups is 1. The summed E-state index contributed by atoms with van der Waals surface area (Å²) in [6.45, 7) is 3.40. The Hall–Kier alpha value is -3.49. The number of sulfone groups is 1. The zero-order valence-corrected chi connectivity index (χ0v) is 19.1. The summed E-state index contributed by atoms with van der Waals surface area (Å²) in [6.07, 6.45) is 7.69. The van der Waals surface area contributed by atoms with Gasteiger partial charge in [-0.25, -0.2) is 18.4 Å². The van der Waals surface area contributed by atoms with E-state index in [0.717, 1.165) is 11.1 Å². The van der Waals surface area contributed by atoms with E-state index in [1.165, 1.54) is 26.2 Å². The van der Waals surface area contributed by atoms with Crippen LogP contribution in [0.25, 0.3) is 0 Å². The van der Waals surface area contributed by atoms with E-state index in [1.807, 2.05) is 0 Å². The molecule has 11 heteroatoms. The number of amidine groups is 1. The van der Waals surface area contributed by atoms with Crippen molar-refractivity contribution in [2.75, 3.05) is 24.3 Å². The van der Waals surface area contributed by atoms with Gasteiger partial charge in [0, 0.05) is 11.6 Å². The SMILES string of the molecule is C#CCOc1cnc(C(=O)Nc2ccc3c(c2)C(CS(=O)(=O)C(C)(C)C(=N)N)COC3)cn1. The van der Waals surface area contributed by atoms with Gasteiger partial charge in [-0.3, -0.25) is 10.2 Å². The average molecular weight is 472 g/mol. The van der Waals surface area contributed by atoms with Gasteiger partial charge in [-0.1, -0.05) is 12.0 Å². The minimum atomic E-state index is -3.75. The zero-order chi connectivity index (χ0) is 24.2. The Bertz CT molecular complexity index is 1200. The van der Waals surface area contributed by atoms with E-state index in [0.29, 0.717) is 12.3 Å². The third-order valence-corrected chi connectivity index (χ3v) is 8.05. The van der Waals surface area contributed by atoms with Crippen molar-refractivity contribution in [2.24, 2.45) is 5.73 Å². The summed E-state index contributed by atoms with van der Waals surface area (Å²) in [5.74, 6) is 0.897. The highest BCUT2D eigenvalue weighted by Crippen LogP contribution is 2.32. The highest BCUT2D eigenvalue weighted by molar-refractivity contribution is 7.93. The molecule has 1 atom stereocenters. The summed E-state index contributed by atoms with van der Waals surface area (Å²) in [5.41, 5.74) is 7.66. The third kappa shape index (κ3) is 5.30. The van der Waals surface area contributed by atoms with Gasteiger partial charge in [0.15, 0.2) is 16.4 Å². The molecule has 1 aromatic heterocycles. The summed E-state index contributed by atoms with van der Waals surface area (Å²) in [7, 11) is -3.75. The second kappa shape index (κ2) is 9.56. The number of nitrogens with zero attached hydrogens (tertiary/aromatic N) is 2. The van der Waals surface area contributed by atoms with Crippen LogP contribution < -0.4 is 15.8 Å². The van der Waals surface area contributed by atoms with E-state index in [-0.39, 0.29) is 30.5 Å². The molecule has 4 N–H and O–H groups in total. The van der Waals surface area contributed by atoms with E-state index in [9.17, 15) is 13.2 Å². The van der Waals surface area contributed by atoms with Gasteiger partial charge < -0.3 is 20.5 Å². The monoisotopic (exact) mass is 471 g/mol. The maximum absolute atomic E-state index is 12.9. The minimum absolute atomic E-state index is 0.0412. The van der Waals surface area contributed by atoms with Crippen LogP contribution in [0, 0.1) is 17.8 Å². The number of ether oxygens (including phenoxy) is 2. The second-order valence-electron chi connectivity index (χ2n) is 8.02.